The summed E-state index contributed by atoms with van der Waals surface area (Å²) in [6.45, 7) is 7.78. The molecule has 0 aromatic carbocycles. The van der Waals surface area contributed by atoms with Gasteiger partial charge in [-0.1, -0.05) is 13.8 Å². The van der Waals surface area contributed by atoms with Crippen molar-refractivity contribution in [3.8, 4) is 6.07 Å². The van der Waals surface area contributed by atoms with Crippen LogP contribution in [0.1, 0.15) is 42.5 Å². The van der Waals surface area contributed by atoms with E-state index in [1.54, 1.807) is 0 Å². The van der Waals surface area contributed by atoms with Crippen LogP contribution in [0.2, 0.25) is 0 Å². The molecular formula is C10H13N3. The minimum Gasteiger partial charge on any atom is -0.237 e. The Morgan fingerprint density at radius 2 is 1.62 bits per heavy atom. The van der Waals surface area contributed by atoms with Crippen LogP contribution < -0.4 is 0 Å². The fourth-order valence-electron chi connectivity index (χ4n) is 1.16. The minimum absolute atomic E-state index is 0.310. The van der Waals surface area contributed by atoms with Crippen LogP contribution in [-0.2, 0) is 0 Å². The standard InChI is InChI=1S/C10H13N3/c1-6(2)10-12-7(3)9(5-11)8(4)13-10/h6H,1-4H3. The highest BCUT2D eigenvalue weighted by molar-refractivity contribution is 5.36. The summed E-state index contributed by atoms with van der Waals surface area (Å²) < 4.78 is 0. The molecule has 0 bridgehead atoms. The molecule has 0 radical (unpaired) electrons. The Bertz CT molecular complexity index is 338. The molecule has 1 aromatic heterocycles. The monoisotopic (exact) mass is 175 g/mol. The van der Waals surface area contributed by atoms with E-state index in [0.717, 1.165) is 17.2 Å². The van der Waals surface area contributed by atoms with Crippen molar-refractivity contribution in [3.63, 3.8) is 0 Å². The summed E-state index contributed by atoms with van der Waals surface area (Å²) in [6.07, 6.45) is 0. The Morgan fingerprint density at radius 1 is 1.15 bits per heavy atom. The van der Waals surface area contributed by atoms with Gasteiger partial charge in [-0.05, 0) is 13.8 Å². The van der Waals surface area contributed by atoms with Crippen LogP contribution >= 0.6 is 0 Å². The largest absolute Gasteiger partial charge is 0.237 e. The molecule has 0 amide bonds. The fourth-order valence-corrected chi connectivity index (χ4v) is 1.16. The van der Waals surface area contributed by atoms with Crippen molar-refractivity contribution in [2.24, 2.45) is 0 Å². The summed E-state index contributed by atoms with van der Waals surface area (Å²) in [5, 5.41) is 8.80. The lowest BCUT2D eigenvalue weighted by Crippen LogP contribution is -2.04. The van der Waals surface area contributed by atoms with Gasteiger partial charge in [-0.15, -0.1) is 0 Å². The van der Waals surface area contributed by atoms with E-state index in [0.29, 0.717) is 11.5 Å². The molecule has 0 aliphatic heterocycles. The predicted molar refractivity (Wildman–Crippen MR) is 50.3 cm³/mol. The molecule has 3 heteroatoms. The van der Waals surface area contributed by atoms with Crippen molar-refractivity contribution < 1.29 is 0 Å². The fraction of sp³-hybridized carbons (Fsp3) is 0.500. The lowest BCUT2D eigenvalue weighted by Gasteiger charge is -2.07. The highest BCUT2D eigenvalue weighted by Crippen LogP contribution is 2.14. The van der Waals surface area contributed by atoms with Gasteiger partial charge in [0, 0.05) is 5.92 Å². The van der Waals surface area contributed by atoms with Gasteiger partial charge in [0.2, 0.25) is 0 Å². The summed E-state index contributed by atoms with van der Waals surface area (Å²) in [7, 11) is 0. The Morgan fingerprint density at radius 3 is 1.92 bits per heavy atom. The first-order chi connectivity index (χ1) is 6.06. The second-order valence-electron chi connectivity index (χ2n) is 3.39. The van der Waals surface area contributed by atoms with Crippen LogP contribution in [0.5, 0.6) is 0 Å². The molecule has 0 fully saturated rings. The second-order valence-corrected chi connectivity index (χ2v) is 3.39. The van der Waals surface area contributed by atoms with E-state index in [-0.39, 0.29) is 0 Å². The van der Waals surface area contributed by atoms with E-state index in [9.17, 15) is 0 Å². The molecule has 0 atom stereocenters. The zero-order valence-electron chi connectivity index (χ0n) is 8.42. The molecule has 0 aliphatic carbocycles. The molecule has 68 valence electrons. The highest BCUT2D eigenvalue weighted by atomic mass is 14.9. The molecule has 1 heterocycles. The number of hydrogen-bond donors (Lipinski definition) is 0. The zero-order chi connectivity index (χ0) is 10.0. The Labute approximate surface area is 78.5 Å². The maximum atomic E-state index is 8.80. The number of hydrogen-bond acceptors (Lipinski definition) is 3. The van der Waals surface area contributed by atoms with Gasteiger partial charge in [-0.3, -0.25) is 0 Å². The van der Waals surface area contributed by atoms with Gasteiger partial charge in [0.05, 0.1) is 17.0 Å². The van der Waals surface area contributed by atoms with Gasteiger partial charge in [0.15, 0.2) is 0 Å². The molecule has 0 N–H and O–H groups in total. The molecule has 0 spiro atoms. The van der Waals surface area contributed by atoms with Gasteiger partial charge in [0.25, 0.3) is 0 Å². The first kappa shape index (κ1) is 9.66. The smallest absolute Gasteiger partial charge is 0.131 e. The van der Waals surface area contributed by atoms with Crippen molar-refractivity contribution >= 4 is 0 Å². The number of nitriles is 1. The summed E-state index contributed by atoms with van der Waals surface area (Å²) in [4.78, 5) is 8.54. The summed E-state index contributed by atoms with van der Waals surface area (Å²) in [5.74, 6) is 1.12. The van der Waals surface area contributed by atoms with Crippen LogP contribution in [0.25, 0.3) is 0 Å². The minimum atomic E-state index is 0.310. The van der Waals surface area contributed by atoms with E-state index in [1.165, 1.54) is 0 Å². The van der Waals surface area contributed by atoms with Gasteiger partial charge in [0.1, 0.15) is 11.9 Å². The molecule has 13 heavy (non-hydrogen) atoms. The normalized spacial score (nSPS) is 10.2. The number of rotatable bonds is 1. The van der Waals surface area contributed by atoms with E-state index in [1.807, 2.05) is 27.7 Å². The maximum absolute atomic E-state index is 8.80. The van der Waals surface area contributed by atoms with E-state index < -0.39 is 0 Å². The molecule has 3 nitrogen and oxygen atoms in total. The predicted octanol–water partition coefficient (Wildman–Crippen LogP) is 2.09. The Kier molecular flexibility index (Phi) is 2.62. The quantitative estimate of drug-likeness (QED) is 0.656. The third-order valence-corrected chi connectivity index (χ3v) is 1.92. The van der Waals surface area contributed by atoms with Gasteiger partial charge < -0.3 is 0 Å². The lowest BCUT2D eigenvalue weighted by atomic mass is 10.1. The Balaban J connectivity index is 3.30. The molecule has 0 saturated carbocycles. The van der Waals surface area contributed by atoms with Crippen molar-refractivity contribution in [2.45, 2.75) is 33.6 Å². The molecular weight excluding hydrogens is 162 g/mol. The van der Waals surface area contributed by atoms with E-state index in [2.05, 4.69) is 16.0 Å². The van der Waals surface area contributed by atoms with E-state index >= 15 is 0 Å². The second kappa shape index (κ2) is 3.53. The van der Waals surface area contributed by atoms with Crippen LogP contribution in [-0.4, -0.2) is 9.97 Å². The average Bonchev–Trinajstić information content (AvgIpc) is 2.03. The van der Waals surface area contributed by atoms with E-state index in [4.69, 9.17) is 5.26 Å². The van der Waals surface area contributed by atoms with Crippen LogP contribution in [0.15, 0.2) is 0 Å². The summed E-state index contributed by atoms with van der Waals surface area (Å²) in [6, 6.07) is 2.10. The van der Waals surface area contributed by atoms with Gasteiger partial charge in [-0.2, -0.15) is 5.26 Å². The van der Waals surface area contributed by atoms with Gasteiger partial charge in [-0.25, -0.2) is 9.97 Å². The number of aryl methyl sites for hydroxylation is 2. The maximum Gasteiger partial charge on any atom is 0.131 e. The molecule has 1 aromatic rings. The molecule has 0 saturated heterocycles. The highest BCUT2D eigenvalue weighted by Gasteiger charge is 2.09. The third kappa shape index (κ3) is 1.83. The molecule has 1 rings (SSSR count). The SMILES string of the molecule is Cc1nc(C(C)C)nc(C)c1C#N. The van der Waals surface area contributed by atoms with Crippen LogP contribution in [0.4, 0.5) is 0 Å². The summed E-state index contributed by atoms with van der Waals surface area (Å²) >= 11 is 0. The van der Waals surface area contributed by atoms with Gasteiger partial charge >= 0.3 is 0 Å². The van der Waals surface area contributed by atoms with Crippen molar-refractivity contribution in [1.29, 1.82) is 5.26 Å². The zero-order valence-corrected chi connectivity index (χ0v) is 8.42. The van der Waals surface area contributed by atoms with Crippen LogP contribution in [0, 0.1) is 25.2 Å². The number of nitrogens with zero attached hydrogens (tertiary/aromatic N) is 3. The summed E-state index contributed by atoms with van der Waals surface area (Å²) in [5.41, 5.74) is 2.15. The Hall–Kier alpha value is -1.43. The first-order valence-electron chi connectivity index (χ1n) is 4.31. The van der Waals surface area contributed by atoms with Crippen molar-refractivity contribution in [1.82, 2.24) is 9.97 Å². The van der Waals surface area contributed by atoms with Crippen LogP contribution in [0.3, 0.4) is 0 Å². The molecule has 0 aliphatic rings. The average molecular weight is 175 g/mol. The topological polar surface area (TPSA) is 49.6 Å². The van der Waals surface area contributed by atoms with Crippen molar-refractivity contribution in [2.75, 3.05) is 0 Å². The number of aromatic nitrogens is 2. The third-order valence-electron chi connectivity index (χ3n) is 1.92. The lowest BCUT2D eigenvalue weighted by molar-refractivity contribution is 0.756. The molecule has 0 unspecified atom stereocenters. The van der Waals surface area contributed by atoms with Crippen molar-refractivity contribution in [3.05, 3.63) is 22.8 Å². The first-order valence-corrected chi connectivity index (χ1v) is 4.31.